The Hall–Kier alpha value is -1.58. The van der Waals surface area contributed by atoms with E-state index in [0.29, 0.717) is 23.9 Å². The number of pyridine rings is 1. The Morgan fingerprint density at radius 3 is 2.94 bits per heavy atom. The number of carbonyl (C=O) groups is 1. The maximum atomic E-state index is 11.7. The Morgan fingerprint density at radius 2 is 2.29 bits per heavy atom. The SMILES string of the molecule is CCOC(=O)c1cccnc1NCCC(C)C. The van der Waals surface area contributed by atoms with E-state index in [0.717, 1.165) is 13.0 Å². The van der Waals surface area contributed by atoms with E-state index in [2.05, 4.69) is 24.1 Å². The molecule has 94 valence electrons. The fourth-order valence-electron chi connectivity index (χ4n) is 1.40. The van der Waals surface area contributed by atoms with Crippen molar-refractivity contribution >= 4 is 11.8 Å². The van der Waals surface area contributed by atoms with Crippen LogP contribution in [0.1, 0.15) is 37.6 Å². The zero-order valence-electron chi connectivity index (χ0n) is 10.7. The van der Waals surface area contributed by atoms with E-state index in [1.165, 1.54) is 0 Å². The van der Waals surface area contributed by atoms with Crippen LogP contribution >= 0.6 is 0 Å². The fraction of sp³-hybridized carbons (Fsp3) is 0.538. The summed E-state index contributed by atoms with van der Waals surface area (Å²) in [4.78, 5) is 15.8. The summed E-state index contributed by atoms with van der Waals surface area (Å²) < 4.78 is 4.98. The standard InChI is InChI=1S/C13H20N2O2/c1-4-17-13(16)11-6-5-8-14-12(11)15-9-7-10(2)3/h5-6,8,10H,4,7,9H2,1-3H3,(H,14,15). The van der Waals surface area contributed by atoms with Gasteiger partial charge in [-0.3, -0.25) is 0 Å². The number of aromatic nitrogens is 1. The first-order valence-electron chi connectivity index (χ1n) is 6.01. The van der Waals surface area contributed by atoms with Crippen molar-refractivity contribution in [2.45, 2.75) is 27.2 Å². The molecule has 1 rings (SSSR count). The van der Waals surface area contributed by atoms with Crippen molar-refractivity contribution in [1.29, 1.82) is 0 Å². The maximum absolute atomic E-state index is 11.7. The number of rotatable bonds is 6. The van der Waals surface area contributed by atoms with Crippen molar-refractivity contribution in [3.63, 3.8) is 0 Å². The highest BCUT2D eigenvalue weighted by atomic mass is 16.5. The van der Waals surface area contributed by atoms with Gasteiger partial charge < -0.3 is 10.1 Å². The lowest BCUT2D eigenvalue weighted by atomic mass is 10.1. The van der Waals surface area contributed by atoms with Crippen molar-refractivity contribution in [1.82, 2.24) is 4.98 Å². The van der Waals surface area contributed by atoms with Crippen molar-refractivity contribution in [3.05, 3.63) is 23.9 Å². The first-order valence-corrected chi connectivity index (χ1v) is 6.01. The van der Waals surface area contributed by atoms with E-state index in [-0.39, 0.29) is 5.97 Å². The maximum Gasteiger partial charge on any atom is 0.341 e. The molecule has 0 aliphatic carbocycles. The number of hydrogen-bond donors (Lipinski definition) is 1. The third-order valence-electron chi connectivity index (χ3n) is 2.32. The molecule has 0 aliphatic heterocycles. The Bertz CT molecular complexity index is 364. The largest absolute Gasteiger partial charge is 0.462 e. The van der Waals surface area contributed by atoms with Crippen LogP contribution in [-0.2, 0) is 4.74 Å². The first-order chi connectivity index (χ1) is 8.15. The molecule has 0 aliphatic rings. The van der Waals surface area contributed by atoms with Crippen molar-refractivity contribution in [2.24, 2.45) is 5.92 Å². The molecular formula is C13H20N2O2. The van der Waals surface area contributed by atoms with Crippen molar-refractivity contribution < 1.29 is 9.53 Å². The molecule has 4 heteroatoms. The van der Waals surface area contributed by atoms with Crippen LogP contribution < -0.4 is 5.32 Å². The molecule has 0 bridgehead atoms. The van der Waals surface area contributed by atoms with Crippen LogP contribution in [0, 0.1) is 5.92 Å². The molecule has 0 unspecified atom stereocenters. The molecule has 0 spiro atoms. The molecule has 1 aromatic heterocycles. The zero-order chi connectivity index (χ0) is 12.7. The molecule has 1 aromatic rings. The van der Waals surface area contributed by atoms with Gasteiger partial charge in [0.1, 0.15) is 11.4 Å². The normalized spacial score (nSPS) is 10.4. The third-order valence-corrected chi connectivity index (χ3v) is 2.32. The number of nitrogens with zero attached hydrogens (tertiary/aromatic N) is 1. The summed E-state index contributed by atoms with van der Waals surface area (Å²) in [7, 11) is 0. The van der Waals surface area contributed by atoms with Gasteiger partial charge in [-0.05, 0) is 31.4 Å². The second kappa shape index (κ2) is 6.89. The van der Waals surface area contributed by atoms with Gasteiger partial charge in [0.25, 0.3) is 0 Å². The highest BCUT2D eigenvalue weighted by Gasteiger charge is 2.12. The van der Waals surface area contributed by atoms with E-state index in [1.54, 1.807) is 25.3 Å². The number of hydrogen-bond acceptors (Lipinski definition) is 4. The Kier molecular flexibility index (Phi) is 5.46. The average molecular weight is 236 g/mol. The number of ether oxygens (including phenoxy) is 1. The number of carbonyl (C=O) groups excluding carboxylic acids is 1. The van der Waals surface area contributed by atoms with Crippen molar-refractivity contribution in [2.75, 3.05) is 18.5 Å². The summed E-state index contributed by atoms with van der Waals surface area (Å²) in [5.41, 5.74) is 0.498. The topological polar surface area (TPSA) is 51.2 Å². The first kappa shape index (κ1) is 13.5. The number of esters is 1. The van der Waals surface area contributed by atoms with Crippen LogP contribution in [0.2, 0.25) is 0 Å². The minimum absolute atomic E-state index is 0.326. The van der Waals surface area contributed by atoms with Gasteiger partial charge in [-0.1, -0.05) is 13.8 Å². The molecule has 1 N–H and O–H groups in total. The summed E-state index contributed by atoms with van der Waals surface area (Å²) in [5.74, 6) is 0.900. The quantitative estimate of drug-likeness (QED) is 0.771. The highest BCUT2D eigenvalue weighted by molar-refractivity contribution is 5.94. The Labute approximate surface area is 102 Å². The van der Waals surface area contributed by atoms with Crippen LogP contribution in [0.15, 0.2) is 18.3 Å². The van der Waals surface area contributed by atoms with E-state index in [9.17, 15) is 4.79 Å². The summed E-state index contributed by atoms with van der Waals surface area (Å²) in [6.45, 7) is 7.29. The molecule has 0 amide bonds. The molecule has 17 heavy (non-hydrogen) atoms. The van der Waals surface area contributed by atoms with Crippen LogP contribution in [0.25, 0.3) is 0 Å². The monoisotopic (exact) mass is 236 g/mol. The lowest BCUT2D eigenvalue weighted by molar-refractivity contribution is 0.0527. The van der Waals surface area contributed by atoms with E-state index in [4.69, 9.17) is 4.74 Å². The molecule has 4 nitrogen and oxygen atoms in total. The molecule has 0 saturated heterocycles. The fourth-order valence-corrected chi connectivity index (χ4v) is 1.40. The molecule has 0 atom stereocenters. The minimum atomic E-state index is -0.326. The molecular weight excluding hydrogens is 216 g/mol. The number of anilines is 1. The lowest BCUT2D eigenvalue weighted by Gasteiger charge is -2.10. The van der Waals surface area contributed by atoms with Gasteiger partial charge in [0.2, 0.25) is 0 Å². The van der Waals surface area contributed by atoms with E-state index >= 15 is 0 Å². The van der Waals surface area contributed by atoms with Crippen LogP contribution in [0.4, 0.5) is 5.82 Å². The zero-order valence-corrected chi connectivity index (χ0v) is 10.7. The third kappa shape index (κ3) is 4.43. The van der Waals surface area contributed by atoms with Gasteiger partial charge in [-0.2, -0.15) is 0 Å². The second-order valence-corrected chi connectivity index (χ2v) is 4.23. The van der Waals surface area contributed by atoms with Crippen LogP contribution in [0.3, 0.4) is 0 Å². The van der Waals surface area contributed by atoms with Gasteiger partial charge in [0.15, 0.2) is 0 Å². The summed E-state index contributed by atoms with van der Waals surface area (Å²) in [5, 5.41) is 3.17. The van der Waals surface area contributed by atoms with Gasteiger partial charge in [-0.15, -0.1) is 0 Å². The summed E-state index contributed by atoms with van der Waals surface area (Å²) in [6.07, 6.45) is 2.71. The molecule has 0 radical (unpaired) electrons. The van der Waals surface area contributed by atoms with E-state index in [1.807, 2.05) is 0 Å². The average Bonchev–Trinajstić information content (AvgIpc) is 2.29. The predicted octanol–water partition coefficient (Wildman–Crippen LogP) is 2.72. The summed E-state index contributed by atoms with van der Waals surface area (Å²) >= 11 is 0. The Morgan fingerprint density at radius 1 is 1.53 bits per heavy atom. The van der Waals surface area contributed by atoms with Gasteiger partial charge in [0.05, 0.1) is 6.61 Å². The minimum Gasteiger partial charge on any atom is -0.462 e. The summed E-state index contributed by atoms with van der Waals surface area (Å²) in [6, 6.07) is 3.46. The molecule has 0 fully saturated rings. The van der Waals surface area contributed by atoms with Crippen LogP contribution in [-0.4, -0.2) is 24.1 Å². The number of nitrogens with one attached hydrogen (secondary N) is 1. The molecule has 0 aromatic carbocycles. The lowest BCUT2D eigenvalue weighted by Crippen LogP contribution is -2.12. The van der Waals surface area contributed by atoms with Gasteiger partial charge >= 0.3 is 5.97 Å². The predicted molar refractivity (Wildman–Crippen MR) is 68.1 cm³/mol. The van der Waals surface area contributed by atoms with E-state index < -0.39 is 0 Å². The smallest absolute Gasteiger partial charge is 0.341 e. The van der Waals surface area contributed by atoms with Gasteiger partial charge in [-0.25, -0.2) is 9.78 Å². The van der Waals surface area contributed by atoms with Crippen LogP contribution in [0.5, 0.6) is 0 Å². The molecule has 1 heterocycles. The van der Waals surface area contributed by atoms with Gasteiger partial charge in [0, 0.05) is 12.7 Å². The Balaban J connectivity index is 2.67. The highest BCUT2D eigenvalue weighted by Crippen LogP contribution is 2.13. The molecule has 0 saturated carbocycles. The van der Waals surface area contributed by atoms with Crippen molar-refractivity contribution in [3.8, 4) is 0 Å². The second-order valence-electron chi connectivity index (χ2n) is 4.23.